The minimum absolute atomic E-state index is 0.0186. The molecule has 0 aliphatic heterocycles. The zero-order valence-corrected chi connectivity index (χ0v) is 16.1. The Balaban J connectivity index is 1.65. The number of fused-ring (bicyclic) bond motifs is 1. The maximum atomic E-state index is 13.5. The number of carbonyl (C=O) groups excluding carboxylic acids is 1. The minimum atomic E-state index is -4.75. The molecule has 0 unspecified atom stereocenters. The number of carbonyl (C=O) groups is 1. The zero-order chi connectivity index (χ0) is 21.0. The Morgan fingerprint density at radius 1 is 1.34 bits per heavy atom. The molecular weight excluding hydrogens is 409 g/mol. The van der Waals surface area contributed by atoms with Crippen molar-refractivity contribution < 1.29 is 26.4 Å². The van der Waals surface area contributed by atoms with Gasteiger partial charge in [0, 0.05) is 12.2 Å². The van der Waals surface area contributed by atoms with E-state index >= 15 is 0 Å². The predicted molar refractivity (Wildman–Crippen MR) is 97.4 cm³/mol. The van der Waals surface area contributed by atoms with Gasteiger partial charge in [0.25, 0.3) is 5.91 Å². The summed E-state index contributed by atoms with van der Waals surface area (Å²) in [6.45, 7) is 0.250. The summed E-state index contributed by atoms with van der Waals surface area (Å²) < 4.78 is 64.5. The number of nitrogens with two attached hydrogens (primary N) is 1. The number of anilines is 1. The van der Waals surface area contributed by atoms with E-state index in [0.717, 1.165) is 36.4 Å². The number of primary sulfonamides is 1. The topological polar surface area (TPSA) is 107 Å². The van der Waals surface area contributed by atoms with Crippen LogP contribution < -0.4 is 10.5 Å². The van der Waals surface area contributed by atoms with Crippen molar-refractivity contribution in [2.24, 2.45) is 16.5 Å². The van der Waals surface area contributed by atoms with Crippen LogP contribution in [0, 0.1) is 11.3 Å². The summed E-state index contributed by atoms with van der Waals surface area (Å²) >= 11 is 0. The molecule has 1 aromatic heterocycles. The predicted octanol–water partition coefficient (Wildman–Crippen LogP) is 2.99. The molecule has 1 aromatic carbocycles. The molecule has 3 fully saturated rings. The maximum absolute atomic E-state index is 13.5. The van der Waals surface area contributed by atoms with Gasteiger partial charge in [-0.3, -0.25) is 9.48 Å². The Hall–Kier alpha value is -2.40. The largest absolute Gasteiger partial charge is 0.420 e. The summed E-state index contributed by atoms with van der Waals surface area (Å²) in [6.07, 6.45) is -0.247. The first kappa shape index (κ1) is 19.9. The molecule has 5 rings (SSSR count). The Morgan fingerprint density at radius 2 is 2.07 bits per heavy atom. The van der Waals surface area contributed by atoms with E-state index in [-0.39, 0.29) is 22.5 Å². The van der Waals surface area contributed by atoms with Crippen LogP contribution in [0.2, 0.25) is 0 Å². The highest BCUT2D eigenvalue weighted by atomic mass is 32.2. The van der Waals surface area contributed by atoms with Crippen molar-refractivity contribution in [1.82, 2.24) is 9.78 Å². The van der Waals surface area contributed by atoms with Crippen molar-refractivity contribution in [3.63, 3.8) is 0 Å². The number of benzene rings is 1. The highest BCUT2D eigenvalue weighted by Crippen LogP contribution is 2.59. The molecule has 3 aliphatic carbocycles. The third kappa shape index (κ3) is 3.76. The van der Waals surface area contributed by atoms with Crippen LogP contribution in [0.4, 0.5) is 18.9 Å². The van der Waals surface area contributed by atoms with Crippen LogP contribution in [0.1, 0.15) is 41.7 Å². The fourth-order valence-electron chi connectivity index (χ4n) is 4.50. The van der Waals surface area contributed by atoms with Gasteiger partial charge in [-0.1, -0.05) is 6.07 Å². The Bertz CT molecular complexity index is 1070. The molecule has 0 saturated heterocycles. The van der Waals surface area contributed by atoms with Crippen molar-refractivity contribution in [3.8, 4) is 0 Å². The van der Waals surface area contributed by atoms with E-state index in [2.05, 4.69) is 10.4 Å². The van der Waals surface area contributed by atoms with Gasteiger partial charge in [-0.2, -0.15) is 18.3 Å². The molecule has 11 heteroatoms. The van der Waals surface area contributed by atoms with E-state index in [4.69, 9.17) is 5.14 Å². The van der Waals surface area contributed by atoms with E-state index in [1.165, 1.54) is 18.2 Å². The van der Waals surface area contributed by atoms with Crippen LogP contribution in [0.25, 0.3) is 0 Å². The van der Waals surface area contributed by atoms with Crippen molar-refractivity contribution in [2.45, 2.75) is 43.3 Å². The number of hydrogen-bond donors (Lipinski definition) is 2. The molecular formula is C18H19F3N4O3S. The van der Waals surface area contributed by atoms with Gasteiger partial charge >= 0.3 is 6.18 Å². The Morgan fingerprint density at radius 3 is 2.66 bits per heavy atom. The fourth-order valence-corrected chi connectivity index (χ4v) is 5.06. The van der Waals surface area contributed by atoms with E-state index in [1.54, 1.807) is 0 Å². The van der Waals surface area contributed by atoms with Gasteiger partial charge in [0.15, 0.2) is 0 Å². The van der Waals surface area contributed by atoms with Crippen LogP contribution in [-0.4, -0.2) is 24.1 Å². The molecule has 0 spiro atoms. The molecule has 1 heterocycles. The number of sulfonamides is 1. The second-order valence-corrected chi connectivity index (χ2v) is 9.46. The standard InChI is InChI=1S/C18H19F3N4O3S/c19-18(20,21)14-9-23-25(10-17-5-4-11(7-17)8-17)15(14)16(26)24-12-2-1-3-13(6-12)29(22,27)28/h1-3,6,9,11H,4-5,7-8,10H2,(H,24,26)(H2,22,27,28). The lowest BCUT2D eigenvalue weighted by Crippen LogP contribution is -2.34. The highest BCUT2D eigenvalue weighted by Gasteiger charge is 2.51. The van der Waals surface area contributed by atoms with Crippen LogP contribution in [-0.2, 0) is 22.7 Å². The lowest BCUT2D eigenvalue weighted by Gasteiger charge is -2.38. The van der Waals surface area contributed by atoms with Crippen molar-refractivity contribution >= 4 is 21.6 Å². The van der Waals surface area contributed by atoms with E-state index in [1.807, 2.05) is 0 Å². The summed E-state index contributed by atoms with van der Waals surface area (Å²) in [5, 5.41) is 11.3. The number of nitrogens with one attached hydrogen (secondary N) is 1. The second kappa shape index (κ2) is 6.56. The number of halogens is 3. The summed E-state index contributed by atoms with van der Waals surface area (Å²) in [5.74, 6) is -0.391. The normalized spacial score (nSPS) is 23.7. The Labute approximate surface area is 165 Å². The minimum Gasteiger partial charge on any atom is -0.321 e. The molecule has 2 aromatic rings. The smallest absolute Gasteiger partial charge is 0.321 e. The third-order valence-electron chi connectivity index (χ3n) is 5.79. The van der Waals surface area contributed by atoms with Gasteiger partial charge in [0.2, 0.25) is 10.0 Å². The van der Waals surface area contributed by atoms with Crippen LogP contribution >= 0.6 is 0 Å². The number of amides is 1. The van der Waals surface area contributed by atoms with Crippen LogP contribution in [0.5, 0.6) is 0 Å². The highest BCUT2D eigenvalue weighted by molar-refractivity contribution is 7.89. The number of hydrogen-bond acceptors (Lipinski definition) is 4. The van der Waals surface area contributed by atoms with Gasteiger partial charge in [-0.15, -0.1) is 0 Å². The second-order valence-electron chi connectivity index (χ2n) is 7.90. The molecule has 3 aliphatic rings. The number of nitrogens with zero attached hydrogens (tertiary/aromatic N) is 2. The van der Waals surface area contributed by atoms with Gasteiger partial charge in [-0.05, 0) is 55.2 Å². The molecule has 3 N–H and O–H groups in total. The lowest BCUT2D eigenvalue weighted by molar-refractivity contribution is -0.138. The molecule has 0 radical (unpaired) electrons. The summed E-state index contributed by atoms with van der Waals surface area (Å²) in [4.78, 5) is 12.5. The maximum Gasteiger partial charge on any atom is 0.420 e. The summed E-state index contributed by atoms with van der Waals surface area (Å²) in [7, 11) is -4.02. The number of aromatic nitrogens is 2. The van der Waals surface area contributed by atoms with Crippen LogP contribution in [0.3, 0.4) is 0 Å². The van der Waals surface area contributed by atoms with E-state index in [0.29, 0.717) is 12.1 Å². The van der Waals surface area contributed by atoms with Gasteiger partial charge in [-0.25, -0.2) is 13.6 Å². The zero-order valence-electron chi connectivity index (χ0n) is 15.2. The third-order valence-corrected chi connectivity index (χ3v) is 6.70. The first-order chi connectivity index (χ1) is 13.5. The molecule has 29 heavy (non-hydrogen) atoms. The van der Waals surface area contributed by atoms with E-state index in [9.17, 15) is 26.4 Å². The first-order valence-electron chi connectivity index (χ1n) is 9.04. The SMILES string of the molecule is NS(=O)(=O)c1cccc(NC(=O)c2c(C(F)(F)F)cnn2CC23CCC(C2)C3)c1. The van der Waals surface area contributed by atoms with Gasteiger partial charge < -0.3 is 5.32 Å². The Kier molecular flexibility index (Phi) is 4.50. The molecule has 156 valence electrons. The van der Waals surface area contributed by atoms with Crippen LogP contribution in [0.15, 0.2) is 35.4 Å². The summed E-state index contributed by atoms with van der Waals surface area (Å²) in [6, 6.07) is 5.02. The molecule has 1 amide bonds. The lowest BCUT2D eigenvalue weighted by atomic mass is 9.70. The van der Waals surface area contributed by atoms with Crippen molar-refractivity contribution in [1.29, 1.82) is 0 Å². The summed E-state index contributed by atoms with van der Waals surface area (Å²) in [5.41, 5.74) is -1.78. The van der Waals surface area contributed by atoms with Crippen molar-refractivity contribution in [3.05, 3.63) is 41.7 Å². The average Bonchev–Trinajstić information content (AvgIpc) is 3.28. The monoisotopic (exact) mass is 428 g/mol. The van der Waals surface area contributed by atoms with Gasteiger partial charge in [0.1, 0.15) is 11.3 Å². The van der Waals surface area contributed by atoms with E-state index < -0.39 is 33.4 Å². The number of rotatable bonds is 5. The molecule has 2 bridgehead atoms. The molecule has 3 saturated carbocycles. The number of alkyl halides is 3. The first-order valence-corrected chi connectivity index (χ1v) is 10.6. The quantitative estimate of drug-likeness (QED) is 0.763. The van der Waals surface area contributed by atoms with Crippen molar-refractivity contribution in [2.75, 3.05) is 5.32 Å². The molecule has 7 nitrogen and oxygen atoms in total. The fraction of sp³-hybridized carbons (Fsp3) is 0.444. The molecule has 0 atom stereocenters. The average molecular weight is 428 g/mol. The van der Waals surface area contributed by atoms with Gasteiger partial charge in [0.05, 0.1) is 11.1 Å².